The van der Waals surface area contributed by atoms with Crippen LogP contribution in [0.1, 0.15) is 0 Å². The lowest BCUT2D eigenvalue weighted by molar-refractivity contribution is -0.384. The first-order valence-corrected chi connectivity index (χ1v) is 7.90. The lowest BCUT2D eigenvalue weighted by Crippen LogP contribution is -2.37. The van der Waals surface area contributed by atoms with Crippen LogP contribution in [0.25, 0.3) is 0 Å². The maximum atomic E-state index is 12.0. The molecule has 26 heavy (non-hydrogen) atoms. The highest BCUT2D eigenvalue weighted by Gasteiger charge is 2.15. The van der Waals surface area contributed by atoms with Crippen molar-refractivity contribution in [1.29, 1.82) is 0 Å². The number of ether oxygens (including phenoxy) is 1. The van der Waals surface area contributed by atoms with E-state index in [0.29, 0.717) is 16.5 Å². The molecule has 0 saturated carbocycles. The van der Waals surface area contributed by atoms with Crippen LogP contribution < -0.4 is 10.1 Å². The first-order chi connectivity index (χ1) is 12.4. The molecule has 8 nitrogen and oxygen atoms in total. The van der Waals surface area contributed by atoms with Gasteiger partial charge >= 0.3 is 0 Å². The number of likely N-dealkylation sites (N-methyl/N-ethyl adjacent to an activating group) is 1. The monoisotopic (exact) mass is 377 g/mol. The Balaban J connectivity index is 1.82. The third-order valence-corrected chi connectivity index (χ3v) is 3.69. The summed E-state index contributed by atoms with van der Waals surface area (Å²) in [5.41, 5.74) is 0.388. The van der Waals surface area contributed by atoms with Gasteiger partial charge < -0.3 is 15.0 Å². The van der Waals surface area contributed by atoms with Crippen LogP contribution in [0.3, 0.4) is 0 Å². The molecule has 0 aromatic heterocycles. The third-order valence-electron chi connectivity index (χ3n) is 3.36. The van der Waals surface area contributed by atoms with Crippen molar-refractivity contribution in [2.24, 2.45) is 0 Å². The fourth-order valence-electron chi connectivity index (χ4n) is 1.98. The zero-order valence-corrected chi connectivity index (χ0v) is 14.6. The molecule has 0 spiro atoms. The van der Waals surface area contributed by atoms with Gasteiger partial charge in [-0.15, -0.1) is 0 Å². The highest BCUT2D eigenvalue weighted by atomic mass is 35.5. The van der Waals surface area contributed by atoms with Gasteiger partial charge in [0.2, 0.25) is 5.91 Å². The number of nitro benzene ring substituents is 1. The maximum Gasteiger partial charge on any atom is 0.269 e. The number of carbonyl (C=O) groups excluding carboxylic acids is 2. The number of anilines is 1. The number of hydrogen-bond donors (Lipinski definition) is 1. The Morgan fingerprint density at radius 1 is 1.19 bits per heavy atom. The minimum Gasteiger partial charge on any atom is -0.484 e. The predicted molar refractivity (Wildman–Crippen MR) is 96.3 cm³/mol. The Kier molecular flexibility index (Phi) is 6.51. The van der Waals surface area contributed by atoms with Crippen LogP contribution in [-0.2, 0) is 9.59 Å². The summed E-state index contributed by atoms with van der Waals surface area (Å²) < 4.78 is 5.28. The summed E-state index contributed by atoms with van der Waals surface area (Å²) in [6.45, 7) is -0.471. The van der Waals surface area contributed by atoms with Crippen molar-refractivity contribution < 1.29 is 19.2 Å². The zero-order valence-electron chi connectivity index (χ0n) is 13.8. The number of halogens is 1. The van der Waals surface area contributed by atoms with Crippen LogP contribution in [0, 0.1) is 10.1 Å². The summed E-state index contributed by atoms with van der Waals surface area (Å²) in [4.78, 5) is 35.3. The van der Waals surface area contributed by atoms with E-state index < -0.39 is 16.7 Å². The van der Waals surface area contributed by atoms with Crippen molar-refractivity contribution in [3.05, 3.63) is 63.7 Å². The van der Waals surface area contributed by atoms with Crippen molar-refractivity contribution in [2.75, 3.05) is 25.5 Å². The second-order valence-corrected chi connectivity index (χ2v) is 5.72. The van der Waals surface area contributed by atoms with E-state index in [0.717, 1.165) is 0 Å². The van der Waals surface area contributed by atoms with Crippen LogP contribution in [0.5, 0.6) is 5.75 Å². The lowest BCUT2D eigenvalue weighted by Gasteiger charge is -2.17. The molecule has 2 rings (SSSR count). The molecule has 9 heteroatoms. The third kappa shape index (κ3) is 5.45. The van der Waals surface area contributed by atoms with Gasteiger partial charge in [-0.3, -0.25) is 19.7 Å². The van der Waals surface area contributed by atoms with Crippen molar-refractivity contribution in [3.63, 3.8) is 0 Å². The van der Waals surface area contributed by atoms with E-state index in [-0.39, 0.29) is 18.8 Å². The molecule has 0 heterocycles. The Morgan fingerprint density at radius 3 is 2.46 bits per heavy atom. The van der Waals surface area contributed by atoms with E-state index in [1.54, 1.807) is 24.3 Å². The molecule has 2 amide bonds. The number of non-ortho nitro benzene ring substituents is 1. The van der Waals surface area contributed by atoms with Crippen LogP contribution in [0.2, 0.25) is 5.02 Å². The number of nitrogens with one attached hydrogen (secondary N) is 1. The summed E-state index contributed by atoms with van der Waals surface area (Å²) in [5.74, 6) is -0.500. The number of nitro groups is 1. The molecular formula is C17H16ClN3O5. The Bertz CT molecular complexity index is 810. The van der Waals surface area contributed by atoms with E-state index in [2.05, 4.69) is 5.32 Å². The molecule has 2 aromatic carbocycles. The highest BCUT2D eigenvalue weighted by molar-refractivity contribution is 6.33. The van der Waals surface area contributed by atoms with E-state index in [9.17, 15) is 19.7 Å². The number of benzene rings is 2. The molecule has 0 saturated heterocycles. The largest absolute Gasteiger partial charge is 0.484 e. The van der Waals surface area contributed by atoms with Gasteiger partial charge in [0, 0.05) is 19.2 Å². The van der Waals surface area contributed by atoms with E-state index in [1.165, 1.54) is 36.2 Å². The predicted octanol–water partition coefficient (Wildman–Crippen LogP) is 2.72. The summed E-state index contributed by atoms with van der Waals surface area (Å²) in [7, 11) is 1.47. The molecule has 0 unspecified atom stereocenters. The highest BCUT2D eigenvalue weighted by Crippen LogP contribution is 2.20. The summed E-state index contributed by atoms with van der Waals surface area (Å²) in [5, 5.41) is 13.6. The van der Waals surface area contributed by atoms with Gasteiger partial charge in [0.15, 0.2) is 6.61 Å². The quantitative estimate of drug-likeness (QED) is 0.590. The Labute approximate surface area is 154 Å². The molecule has 0 fully saturated rings. The smallest absolute Gasteiger partial charge is 0.269 e. The van der Waals surface area contributed by atoms with Crippen molar-refractivity contribution in [3.8, 4) is 5.75 Å². The second kappa shape index (κ2) is 8.82. The van der Waals surface area contributed by atoms with Gasteiger partial charge in [0.25, 0.3) is 11.6 Å². The fraction of sp³-hybridized carbons (Fsp3) is 0.176. The van der Waals surface area contributed by atoms with Gasteiger partial charge in [-0.05, 0) is 24.3 Å². The molecule has 0 bridgehead atoms. The summed E-state index contributed by atoms with van der Waals surface area (Å²) in [6, 6.07) is 12.1. The molecular weight excluding hydrogens is 362 g/mol. The van der Waals surface area contributed by atoms with Gasteiger partial charge in [-0.25, -0.2) is 0 Å². The first kappa shape index (κ1) is 19.2. The minimum atomic E-state index is -0.527. The van der Waals surface area contributed by atoms with Crippen molar-refractivity contribution in [2.45, 2.75) is 0 Å². The van der Waals surface area contributed by atoms with E-state index >= 15 is 0 Å². The van der Waals surface area contributed by atoms with E-state index in [4.69, 9.17) is 16.3 Å². The average molecular weight is 378 g/mol. The zero-order chi connectivity index (χ0) is 19.1. The molecule has 1 N–H and O–H groups in total. The maximum absolute atomic E-state index is 12.0. The fourth-order valence-corrected chi connectivity index (χ4v) is 2.16. The van der Waals surface area contributed by atoms with Crippen molar-refractivity contribution in [1.82, 2.24) is 4.90 Å². The Hall–Kier alpha value is -3.13. The van der Waals surface area contributed by atoms with Gasteiger partial charge in [-0.1, -0.05) is 23.7 Å². The number of nitrogens with zero attached hydrogens (tertiary/aromatic N) is 2. The number of hydrogen-bond acceptors (Lipinski definition) is 5. The lowest BCUT2D eigenvalue weighted by atomic mass is 10.3. The van der Waals surface area contributed by atoms with Gasteiger partial charge in [0.05, 0.1) is 22.2 Å². The Morgan fingerprint density at radius 2 is 1.85 bits per heavy atom. The molecule has 2 aromatic rings. The summed E-state index contributed by atoms with van der Waals surface area (Å²) in [6.07, 6.45) is 0. The number of carbonyl (C=O) groups is 2. The number of amides is 2. The topological polar surface area (TPSA) is 102 Å². The van der Waals surface area contributed by atoms with Gasteiger partial charge in [0.1, 0.15) is 5.75 Å². The van der Waals surface area contributed by atoms with Crippen LogP contribution >= 0.6 is 11.6 Å². The van der Waals surface area contributed by atoms with Crippen LogP contribution in [-0.4, -0.2) is 41.8 Å². The second-order valence-electron chi connectivity index (χ2n) is 5.32. The van der Waals surface area contributed by atoms with Gasteiger partial charge in [-0.2, -0.15) is 0 Å². The standard InChI is InChI=1S/C17H16ClN3O5/c1-20(10-16(22)19-15-5-3-2-4-14(15)18)17(23)11-26-13-8-6-12(7-9-13)21(24)25/h2-9H,10-11H2,1H3,(H,19,22). The van der Waals surface area contributed by atoms with Crippen LogP contribution in [0.15, 0.2) is 48.5 Å². The molecule has 136 valence electrons. The SMILES string of the molecule is CN(CC(=O)Nc1ccccc1Cl)C(=O)COc1ccc([N+](=O)[O-])cc1. The van der Waals surface area contributed by atoms with Crippen molar-refractivity contribution >= 4 is 34.8 Å². The summed E-state index contributed by atoms with van der Waals surface area (Å²) >= 11 is 5.96. The molecule has 0 atom stereocenters. The number of para-hydroxylation sites is 1. The average Bonchev–Trinajstić information content (AvgIpc) is 2.61. The molecule has 0 aliphatic rings. The normalized spacial score (nSPS) is 10.1. The number of rotatable bonds is 7. The van der Waals surface area contributed by atoms with Crippen LogP contribution in [0.4, 0.5) is 11.4 Å². The first-order valence-electron chi connectivity index (χ1n) is 7.52. The minimum absolute atomic E-state index is 0.0722. The molecule has 0 aliphatic carbocycles. The molecule has 0 radical (unpaired) electrons. The molecule has 0 aliphatic heterocycles. The van der Waals surface area contributed by atoms with E-state index in [1.807, 2.05) is 0 Å².